The highest BCUT2D eigenvalue weighted by molar-refractivity contribution is 6.07. The van der Waals surface area contributed by atoms with Crippen molar-refractivity contribution in [2.75, 3.05) is 16.8 Å². The number of hydrogen-bond acceptors (Lipinski definition) is 3. The summed E-state index contributed by atoms with van der Waals surface area (Å²) in [4.78, 5) is 19.4. The Hall–Kier alpha value is -3.14. The molecule has 0 saturated carbocycles. The van der Waals surface area contributed by atoms with Crippen LogP contribution in [0.5, 0.6) is 0 Å². The van der Waals surface area contributed by atoms with Crippen LogP contribution >= 0.6 is 0 Å². The minimum atomic E-state index is -0.131. The fourth-order valence-corrected chi connectivity index (χ4v) is 3.22. The largest absolute Gasteiger partial charge is 0.351 e. The molecule has 1 amide bonds. The maximum absolute atomic E-state index is 12.7. The molecule has 0 radical (unpaired) electrons. The van der Waals surface area contributed by atoms with Gasteiger partial charge in [0.15, 0.2) is 0 Å². The Labute approximate surface area is 147 Å². The lowest BCUT2D eigenvalue weighted by molar-refractivity contribution is 0.102. The van der Waals surface area contributed by atoms with Gasteiger partial charge in [-0.15, -0.1) is 0 Å². The summed E-state index contributed by atoms with van der Waals surface area (Å²) < 4.78 is 0. The number of rotatable bonds is 3. The van der Waals surface area contributed by atoms with Crippen LogP contribution < -0.4 is 10.2 Å². The average molecular weight is 329 g/mol. The summed E-state index contributed by atoms with van der Waals surface area (Å²) in [7, 11) is 0. The van der Waals surface area contributed by atoms with Gasteiger partial charge in [0.05, 0.1) is 5.56 Å². The maximum Gasteiger partial charge on any atom is 0.259 e. The Balaban J connectivity index is 1.60. The van der Waals surface area contributed by atoms with E-state index in [1.807, 2.05) is 36.4 Å². The van der Waals surface area contributed by atoms with Crippen LogP contribution in [0.2, 0.25) is 0 Å². The highest BCUT2D eigenvalue weighted by Gasteiger charge is 2.22. The molecule has 124 valence electrons. The first-order valence-electron chi connectivity index (χ1n) is 8.44. The molecule has 1 aromatic heterocycles. The van der Waals surface area contributed by atoms with Gasteiger partial charge in [-0.1, -0.05) is 42.5 Å². The molecule has 1 aliphatic rings. The van der Waals surface area contributed by atoms with E-state index < -0.39 is 0 Å². The van der Waals surface area contributed by atoms with Crippen LogP contribution in [0.25, 0.3) is 0 Å². The van der Waals surface area contributed by atoms with Crippen molar-refractivity contribution in [3.8, 4) is 0 Å². The van der Waals surface area contributed by atoms with Gasteiger partial charge in [-0.3, -0.25) is 4.79 Å². The lowest BCUT2D eigenvalue weighted by Crippen LogP contribution is -2.32. The van der Waals surface area contributed by atoms with E-state index in [1.54, 1.807) is 12.3 Å². The second kappa shape index (κ2) is 6.77. The van der Waals surface area contributed by atoms with Crippen molar-refractivity contribution in [3.63, 3.8) is 0 Å². The Morgan fingerprint density at radius 1 is 0.920 bits per heavy atom. The van der Waals surface area contributed by atoms with Gasteiger partial charge in [-0.25, -0.2) is 4.98 Å². The maximum atomic E-state index is 12.7. The minimum absolute atomic E-state index is 0.131. The number of aromatic nitrogens is 1. The molecule has 0 aliphatic carbocycles. The monoisotopic (exact) mass is 329 g/mol. The Morgan fingerprint density at radius 2 is 1.68 bits per heavy atom. The van der Waals surface area contributed by atoms with Crippen LogP contribution in [-0.2, 0) is 13.0 Å². The molecule has 0 saturated heterocycles. The third kappa shape index (κ3) is 3.24. The zero-order valence-electron chi connectivity index (χ0n) is 13.9. The minimum Gasteiger partial charge on any atom is -0.351 e. The number of carbonyl (C=O) groups excluding carboxylic acids is 1. The molecule has 4 heteroatoms. The summed E-state index contributed by atoms with van der Waals surface area (Å²) in [5.41, 5.74) is 4.07. The number of pyridine rings is 1. The standard InChI is InChI=1S/C21H19N3O/c25-21(23-18-9-2-1-3-10-18)19-11-6-13-22-20(19)24-14-12-16-7-4-5-8-17(16)15-24/h1-11,13H,12,14-15H2,(H,23,25). The summed E-state index contributed by atoms with van der Waals surface area (Å²) in [6, 6.07) is 21.6. The number of nitrogens with one attached hydrogen (secondary N) is 1. The van der Waals surface area contributed by atoms with Crippen molar-refractivity contribution in [2.24, 2.45) is 0 Å². The molecule has 1 N–H and O–H groups in total. The molecule has 2 aromatic carbocycles. The molecule has 1 aliphatic heterocycles. The molecule has 4 rings (SSSR count). The van der Waals surface area contributed by atoms with E-state index in [4.69, 9.17) is 0 Å². The van der Waals surface area contributed by atoms with E-state index in [-0.39, 0.29) is 5.91 Å². The highest BCUT2D eigenvalue weighted by Crippen LogP contribution is 2.26. The number of anilines is 2. The van der Waals surface area contributed by atoms with Crippen molar-refractivity contribution in [1.82, 2.24) is 4.98 Å². The first-order valence-corrected chi connectivity index (χ1v) is 8.44. The summed E-state index contributed by atoms with van der Waals surface area (Å²) in [5.74, 6) is 0.610. The number of hydrogen-bond donors (Lipinski definition) is 1. The molecule has 25 heavy (non-hydrogen) atoms. The Kier molecular flexibility index (Phi) is 4.17. The molecular weight excluding hydrogens is 310 g/mol. The Bertz CT molecular complexity index is 892. The van der Waals surface area contributed by atoms with Crippen LogP contribution in [0.1, 0.15) is 21.5 Å². The van der Waals surface area contributed by atoms with Crippen molar-refractivity contribution in [3.05, 3.63) is 89.6 Å². The summed E-state index contributed by atoms with van der Waals surface area (Å²) in [6.45, 7) is 1.64. The van der Waals surface area contributed by atoms with Crippen LogP contribution in [-0.4, -0.2) is 17.4 Å². The van der Waals surface area contributed by atoms with Crippen molar-refractivity contribution < 1.29 is 4.79 Å². The zero-order valence-corrected chi connectivity index (χ0v) is 13.9. The van der Waals surface area contributed by atoms with Gasteiger partial charge in [-0.05, 0) is 41.8 Å². The molecule has 4 nitrogen and oxygen atoms in total. The summed E-state index contributed by atoms with van der Waals surface area (Å²) >= 11 is 0. The number of fused-ring (bicyclic) bond motifs is 1. The van der Waals surface area contributed by atoms with Crippen molar-refractivity contribution in [1.29, 1.82) is 0 Å². The van der Waals surface area contributed by atoms with E-state index in [0.717, 1.165) is 31.0 Å². The average Bonchev–Trinajstić information content (AvgIpc) is 2.68. The van der Waals surface area contributed by atoms with Gasteiger partial charge in [0.25, 0.3) is 5.91 Å². The fraction of sp³-hybridized carbons (Fsp3) is 0.143. The van der Waals surface area contributed by atoms with Crippen LogP contribution in [0.3, 0.4) is 0 Å². The van der Waals surface area contributed by atoms with Gasteiger partial charge < -0.3 is 10.2 Å². The Morgan fingerprint density at radius 3 is 2.52 bits per heavy atom. The summed E-state index contributed by atoms with van der Waals surface area (Å²) in [5, 5.41) is 2.95. The number of benzene rings is 2. The SMILES string of the molecule is O=C(Nc1ccccc1)c1cccnc1N1CCc2ccccc2C1. The molecule has 0 fully saturated rings. The number of amides is 1. The topological polar surface area (TPSA) is 45.2 Å². The van der Waals surface area contributed by atoms with Gasteiger partial charge in [0.1, 0.15) is 5.82 Å². The van der Waals surface area contributed by atoms with Gasteiger partial charge >= 0.3 is 0 Å². The second-order valence-electron chi connectivity index (χ2n) is 6.13. The van der Waals surface area contributed by atoms with Gasteiger partial charge in [-0.2, -0.15) is 0 Å². The predicted molar refractivity (Wildman–Crippen MR) is 99.8 cm³/mol. The number of carbonyl (C=O) groups is 1. The van der Waals surface area contributed by atoms with Crippen LogP contribution in [0.15, 0.2) is 72.9 Å². The van der Waals surface area contributed by atoms with Crippen molar-refractivity contribution >= 4 is 17.4 Å². The lowest BCUT2D eigenvalue weighted by atomic mass is 9.99. The highest BCUT2D eigenvalue weighted by atomic mass is 16.1. The third-order valence-electron chi connectivity index (χ3n) is 4.49. The molecule has 0 spiro atoms. The third-order valence-corrected chi connectivity index (χ3v) is 4.49. The van der Waals surface area contributed by atoms with E-state index >= 15 is 0 Å². The smallest absolute Gasteiger partial charge is 0.259 e. The second-order valence-corrected chi connectivity index (χ2v) is 6.13. The van der Waals surface area contributed by atoms with E-state index in [1.165, 1.54) is 11.1 Å². The summed E-state index contributed by atoms with van der Waals surface area (Å²) in [6.07, 6.45) is 2.71. The van der Waals surface area contributed by atoms with E-state index in [9.17, 15) is 4.79 Å². The van der Waals surface area contributed by atoms with Crippen LogP contribution in [0, 0.1) is 0 Å². The zero-order chi connectivity index (χ0) is 17.1. The van der Waals surface area contributed by atoms with Gasteiger partial charge in [0, 0.05) is 25.0 Å². The quantitative estimate of drug-likeness (QED) is 0.793. The molecule has 3 aromatic rings. The predicted octanol–water partition coefficient (Wildman–Crippen LogP) is 3.90. The van der Waals surface area contributed by atoms with Crippen LogP contribution in [0.4, 0.5) is 11.5 Å². The molecule has 2 heterocycles. The number of para-hydroxylation sites is 1. The lowest BCUT2D eigenvalue weighted by Gasteiger charge is -2.30. The normalized spacial score (nSPS) is 13.2. The van der Waals surface area contributed by atoms with E-state index in [0.29, 0.717) is 5.56 Å². The fourth-order valence-electron chi connectivity index (χ4n) is 3.22. The molecule has 0 unspecified atom stereocenters. The first-order chi connectivity index (χ1) is 12.3. The molecule has 0 bridgehead atoms. The molecular formula is C21H19N3O. The van der Waals surface area contributed by atoms with Crippen molar-refractivity contribution in [2.45, 2.75) is 13.0 Å². The first kappa shape index (κ1) is 15.4. The van der Waals surface area contributed by atoms with E-state index in [2.05, 4.69) is 39.5 Å². The number of nitrogens with zero attached hydrogens (tertiary/aromatic N) is 2. The van der Waals surface area contributed by atoms with Gasteiger partial charge in [0.2, 0.25) is 0 Å². The molecule has 0 atom stereocenters.